The Hall–Kier alpha value is -2.90. The summed E-state index contributed by atoms with van der Waals surface area (Å²) >= 11 is 0. The van der Waals surface area contributed by atoms with Gasteiger partial charge < -0.3 is 19.7 Å². The molecule has 0 radical (unpaired) electrons. The largest absolute Gasteiger partial charge is 0.573 e. The molecule has 0 spiro atoms. The molecule has 0 aromatic heterocycles. The Balaban J connectivity index is 2.06. The number of alkyl halides is 3. The summed E-state index contributed by atoms with van der Waals surface area (Å²) < 4.78 is 46.4. The van der Waals surface area contributed by atoms with Crippen LogP contribution in [0, 0.1) is 0 Å². The van der Waals surface area contributed by atoms with Crippen molar-refractivity contribution in [3.05, 3.63) is 54.1 Å². The number of nitrogens with zero attached hydrogens (tertiary/aromatic N) is 1. The Morgan fingerprint density at radius 3 is 2.56 bits per heavy atom. The molecule has 2 aromatic rings. The minimum Gasteiger partial charge on any atom is -0.497 e. The lowest BCUT2D eigenvalue weighted by molar-refractivity contribution is -0.274. The van der Waals surface area contributed by atoms with Crippen LogP contribution in [0.1, 0.15) is 5.56 Å². The van der Waals surface area contributed by atoms with Crippen molar-refractivity contribution < 1.29 is 27.4 Å². The Bertz CT molecular complexity index is 735. The van der Waals surface area contributed by atoms with Gasteiger partial charge in [0.15, 0.2) is 0 Å². The first-order chi connectivity index (χ1) is 11.8. The van der Waals surface area contributed by atoms with E-state index < -0.39 is 12.4 Å². The number of anilines is 1. The predicted molar refractivity (Wildman–Crippen MR) is 86.6 cm³/mol. The summed E-state index contributed by atoms with van der Waals surface area (Å²) in [6, 6.07) is 11.9. The molecule has 134 valence electrons. The first-order valence-corrected chi connectivity index (χ1v) is 7.28. The van der Waals surface area contributed by atoms with Crippen molar-refractivity contribution >= 4 is 11.7 Å². The van der Waals surface area contributed by atoms with Gasteiger partial charge in [0.25, 0.3) is 0 Å². The van der Waals surface area contributed by atoms with Crippen molar-refractivity contribution in [1.82, 2.24) is 4.90 Å². The summed E-state index contributed by atoms with van der Waals surface area (Å²) in [5, 5.41) is 2.65. The van der Waals surface area contributed by atoms with Crippen LogP contribution >= 0.6 is 0 Å². The highest BCUT2D eigenvalue weighted by atomic mass is 19.4. The molecule has 8 heteroatoms. The highest BCUT2D eigenvalue weighted by molar-refractivity contribution is 5.89. The summed E-state index contributed by atoms with van der Waals surface area (Å²) in [6.07, 6.45) is -4.79. The standard InChI is InChI=1S/C17H17F3N2O3/c1-22(16(23)21-13-7-5-8-14(10-13)24-2)11-12-6-3-4-9-15(12)25-17(18,19)20/h3-10H,11H2,1-2H3,(H,21,23). The number of hydrogen-bond acceptors (Lipinski definition) is 3. The van der Waals surface area contributed by atoms with E-state index in [4.69, 9.17) is 4.74 Å². The molecule has 2 rings (SSSR count). The van der Waals surface area contributed by atoms with E-state index in [-0.39, 0.29) is 17.9 Å². The van der Waals surface area contributed by atoms with Gasteiger partial charge in [0.1, 0.15) is 11.5 Å². The summed E-state index contributed by atoms with van der Waals surface area (Å²) in [7, 11) is 2.98. The van der Waals surface area contributed by atoms with E-state index in [1.807, 2.05) is 0 Å². The van der Waals surface area contributed by atoms with Gasteiger partial charge >= 0.3 is 12.4 Å². The zero-order valence-electron chi connectivity index (χ0n) is 13.6. The van der Waals surface area contributed by atoms with Crippen molar-refractivity contribution in [3.63, 3.8) is 0 Å². The Labute approximate surface area is 143 Å². The van der Waals surface area contributed by atoms with Crippen LogP contribution in [0.3, 0.4) is 0 Å². The van der Waals surface area contributed by atoms with Crippen LogP contribution in [-0.4, -0.2) is 31.5 Å². The molecule has 0 aliphatic carbocycles. The quantitative estimate of drug-likeness (QED) is 0.873. The number of amides is 2. The molecule has 0 atom stereocenters. The molecule has 0 saturated carbocycles. The highest BCUT2D eigenvalue weighted by Gasteiger charge is 2.32. The third-order valence-electron chi connectivity index (χ3n) is 3.27. The fourth-order valence-corrected chi connectivity index (χ4v) is 2.11. The molecule has 0 aliphatic heterocycles. The molecular weight excluding hydrogens is 337 g/mol. The number of urea groups is 1. The van der Waals surface area contributed by atoms with Gasteiger partial charge in [-0.15, -0.1) is 13.2 Å². The van der Waals surface area contributed by atoms with E-state index in [0.717, 1.165) is 0 Å². The molecule has 0 aliphatic rings. The highest BCUT2D eigenvalue weighted by Crippen LogP contribution is 2.27. The summed E-state index contributed by atoms with van der Waals surface area (Å²) in [4.78, 5) is 13.5. The number of rotatable bonds is 5. The lowest BCUT2D eigenvalue weighted by atomic mass is 10.2. The SMILES string of the molecule is COc1cccc(NC(=O)N(C)Cc2ccccc2OC(F)(F)F)c1. The maximum absolute atomic E-state index is 12.4. The second-order valence-electron chi connectivity index (χ2n) is 5.17. The molecule has 5 nitrogen and oxygen atoms in total. The van der Waals surface area contributed by atoms with Crippen molar-refractivity contribution in [3.8, 4) is 11.5 Å². The monoisotopic (exact) mass is 354 g/mol. The van der Waals surface area contributed by atoms with Crippen LogP contribution in [0.5, 0.6) is 11.5 Å². The Morgan fingerprint density at radius 1 is 1.16 bits per heavy atom. The normalized spacial score (nSPS) is 10.9. The minimum absolute atomic E-state index is 0.0535. The zero-order chi connectivity index (χ0) is 18.4. The third-order valence-corrected chi connectivity index (χ3v) is 3.27. The van der Waals surface area contributed by atoms with Gasteiger partial charge in [-0.3, -0.25) is 0 Å². The molecule has 0 heterocycles. The number of para-hydroxylation sites is 1. The maximum atomic E-state index is 12.4. The van der Waals surface area contributed by atoms with E-state index >= 15 is 0 Å². The van der Waals surface area contributed by atoms with Crippen LogP contribution in [-0.2, 0) is 6.54 Å². The number of benzene rings is 2. The first kappa shape index (κ1) is 18.4. The van der Waals surface area contributed by atoms with Crippen LogP contribution in [0.25, 0.3) is 0 Å². The van der Waals surface area contributed by atoms with Crippen molar-refractivity contribution in [1.29, 1.82) is 0 Å². The van der Waals surface area contributed by atoms with Crippen molar-refractivity contribution in [2.75, 3.05) is 19.5 Å². The fourth-order valence-electron chi connectivity index (χ4n) is 2.11. The Kier molecular flexibility index (Phi) is 5.74. The van der Waals surface area contributed by atoms with Crippen LogP contribution in [0.2, 0.25) is 0 Å². The smallest absolute Gasteiger partial charge is 0.497 e. The molecule has 0 bridgehead atoms. The van der Waals surface area contributed by atoms with Gasteiger partial charge in [-0.05, 0) is 18.2 Å². The molecule has 25 heavy (non-hydrogen) atoms. The molecule has 0 saturated heterocycles. The van der Waals surface area contributed by atoms with Crippen LogP contribution in [0.4, 0.5) is 23.7 Å². The lowest BCUT2D eigenvalue weighted by Gasteiger charge is -2.20. The maximum Gasteiger partial charge on any atom is 0.573 e. The van der Waals surface area contributed by atoms with E-state index in [0.29, 0.717) is 11.4 Å². The Morgan fingerprint density at radius 2 is 1.88 bits per heavy atom. The fraction of sp³-hybridized carbons (Fsp3) is 0.235. The van der Waals surface area contributed by atoms with Gasteiger partial charge in [0.05, 0.1) is 13.7 Å². The summed E-state index contributed by atoms with van der Waals surface area (Å²) in [5.41, 5.74) is 0.749. The van der Waals surface area contributed by atoms with E-state index in [2.05, 4.69) is 10.1 Å². The number of halogens is 3. The van der Waals surface area contributed by atoms with Crippen LogP contribution < -0.4 is 14.8 Å². The molecule has 2 amide bonds. The zero-order valence-corrected chi connectivity index (χ0v) is 13.6. The van der Waals surface area contributed by atoms with Gasteiger partial charge in [-0.25, -0.2) is 4.79 Å². The topological polar surface area (TPSA) is 50.8 Å². The molecule has 1 N–H and O–H groups in total. The number of ether oxygens (including phenoxy) is 2. The average Bonchev–Trinajstić information content (AvgIpc) is 2.55. The first-order valence-electron chi connectivity index (χ1n) is 7.28. The van der Waals surface area contributed by atoms with E-state index in [1.165, 1.54) is 37.3 Å². The van der Waals surface area contributed by atoms with Crippen LogP contribution in [0.15, 0.2) is 48.5 Å². The second-order valence-corrected chi connectivity index (χ2v) is 5.17. The number of hydrogen-bond donors (Lipinski definition) is 1. The second kappa shape index (κ2) is 7.78. The molecular formula is C17H17F3N2O3. The number of methoxy groups -OCH3 is 1. The van der Waals surface area contributed by atoms with Crippen molar-refractivity contribution in [2.45, 2.75) is 12.9 Å². The van der Waals surface area contributed by atoms with Gasteiger partial charge in [0, 0.05) is 24.4 Å². The molecule has 0 fully saturated rings. The number of carbonyl (C=O) groups excluding carboxylic acids is 1. The van der Waals surface area contributed by atoms with Crippen molar-refractivity contribution in [2.24, 2.45) is 0 Å². The summed E-state index contributed by atoms with van der Waals surface area (Å²) in [6.45, 7) is -0.0535. The molecule has 0 unspecified atom stereocenters. The number of nitrogens with one attached hydrogen (secondary N) is 1. The average molecular weight is 354 g/mol. The van der Waals surface area contributed by atoms with E-state index in [9.17, 15) is 18.0 Å². The predicted octanol–water partition coefficient (Wildman–Crippen LogP) is 4.26. The van der Waals surface area contributed by atoms with Gasteiger partial charge in [0.2, 0.25) is 0 Å². The van der Waals surface area contributed by atoms with Gasteiger partial charge in [-0.2, -0.15) is 0 Å². The number of carbonyl (C=O) groups is 1. The summed E-state index contributed by atoms with van der Waals surface area (Å²) in [5.74, 6) is 0.236. The minimum atomic E-state index is -4.79. The van der Waals surface area contributed by atoms with Gasteiger partial charge in [-0.1, -0.05) is 24.3 Å². The molecule has 2 aromatic carbocycles. The van der Waals surface area contributed by atoms with E-state index in [1.54, 1.807) is 30.3 Å². The third kappa shape index (κ3) is 5.59. The lowest BCUT2D eigenvalue weighted by Crippen LogP contribution is -2.31.